The van der Waals surface area contributed by atoms with Gasteiger partial charge in [-0.15, -0.1) is 0 Å². The molecule has 4 nitrogen and oxygen atoms in total. The molecule has 0 N–H and O–H groups in total. The molecule has 0 bridgehead atoms. The van der Waals surface area contributed by atoms with Crippen LogP contribution >= 0.6 is 11.6 Å². The number of hydrogen-bond acceptors (Lipinski definition) is 4. The van der Waals surface area contributed by atoms with Crippen molar-refractivity contribution in [2.75, 3.05) is 13.2 Å². The lowest BCUT2D eigenvalue weighted by Gasteiger charge is -2.22. The van der Waals surface area contributed by atoms with Gasteiger partial charge in [0.2, 0.25) is 0 Å². The van der Waals surface area contributed by atoms with Crippen LogP contribution in [0.15, 0.2) is 42.6 Å². The van der Waals surface area contributed by atoms with Crippen LogP contribution in [0.1, 0.15) is 23.6 Å². The van der Waals surface area contributed by atoms with Gasteiger partial charge in [-0.05, 0) is 77.9 Å². The molecule has 2 heterocycles. The molecule has 0 radical (unpaired) electrons. The summed E-state index contributed by atoms with van der Waals surface area (Å²) in [6.07, 6.45) is 2.64. The van der Waals surface area contributed by atoms with Gasteiger partial charge in [-0.25, -0.2) is 4.39 Å². The van der Waals surface area contributed by atoms with E-state index < -0.39 is 5.82 Å². The van der Waals surface area contributed by atoms with Crippen molar-refractivity contribution in [3.8, 4) is 16.9 Å². The molecule has 0 saturated carbocycles. The second-order valence-corrected chi connectivity index (χ2v) is 8.32. The average molecular weight is 450 g/mol. The third kappa shape index (κ3) is 3.37. The number of benzene rings is 3. The van der Waals surface area contributed by atoms with Crippen LogP contribution in [0.25, 0.3) is 32.8 Å². The summed E-state index contributed by atoms with van der Waals surface area (Å²) in [5, 5.41) is 2.64. The molecule has 0 fully saturated rings. The summed E-state index contributed by atoms with van der Waals surface area (Å²) in [5.74, 6) is 0.0117. The molecular formula is C26H21ClFNO3. The number of aromatic nitrogens is 1. The van der Waals surface area contributed by atoms with Crippen molar-refractivity contribution in [2.24, 2.45) is 0 Å². The minimum atomic E-state index is -0.436. The van der Waals surface area contributed by atoms with E-state index in [1.165, 1.54) is 12.1 Å². The van der Waals surface area contributed by atoms with E-state index in [4.69, 9.17) is 21.1 Å². The van der Waals surface area contributed by atoms with E-state index in [1.807, 2.05) is 31.2 Å². The average Bonchev–Trinajstić information content (AvgIpc) is 2.76. The Morgan fingerprint density at radius 1 is 1.22 bits per heavy atom. The molecular weight excluding hydrogens is 429 g/mol. The fraction of sp³-hybridized carbons (Fsp3) is 0.231. The topological polar surface area (TPSA) is 48.4 Å². The van der Waals surface area contributed by atoms with Crippen molar-refractivity contribution >= 4 is 39.2 Å². The van der Waals surface area contributed by atoms with Gasteiger partial charge < -0.3 is 9.47 Å². The monoisotopic (exact) mass is 449 g/mol. The number of carbonyl (C=O) groups excluding carboxylic acids is 1. The summed E-state index contributed by atoms with van der Waals surface area (Å²) < 4.78 is 25.6. The van der Waals surface area contributed by atoms with Crippen molar-refractivity contribution in [1.29, 1.82) is 0 Å². The third-order valence-electron chi connectivity index (χ3n) is 5.97. The Kier molecular flexibility index (Phi) is 5.22. The molecule has 1 aliphatic rings. The minimum Gasteiger partial charge on any atom is -0.493 e. The van der Waals surface area contributed by atoms with E-state index in [9.17, 15) is 9.18 Å². The molecule has 5 rings (SSSR count). The SMILES string of the molecule is CCOC(=O)Cc1c(C)cc2c(Cl)cc(F)cc2c1-c1ccc2c3c(ccnc13)CCO2. The molecule has 4 aromatic rings. The highest BCUT2D eigenvalue weighted by Gasteiger charge is 2.23. The minimum absolute atomic E-state index is 0.0680. The summed E-state index contributed by atoms with van der Waals surface area (Å²) in [6.45, 7) is 4.62. The lowest BCUT2D eigenvalue weighted by atomic mass is 9.86. The second kappa shape index (κ2) is 8.06. The Morgan fingerprint density at radius 2 is 2.06 bits per heavy atom. The van der Waals surface area contributed by atoms with Gasteiger partial charge >= 0.3 is 5.97 Å². The quantitative estimate of drug-likeness (QED) is 0.348. The van der Waals surface area contributed by atoms with E-state index in [1.54, 1.807) is 13.1 Å². The fourth-order valence-corrected chi connectivity index (χ4v) is 4.86. The molecule has 0 spiro atoms. The summed E-state index contributed by atoms with van der Waals surface area (Å²) in [7, 11) is 0. The first-order valence-corrected chi connectivity index (χ1v) is 11.0. The first-order chi connectivity index (χ1) is 15.5. The van der Waals surface area contributed by atoms with Crippen LogP contribution in [0.5, 0.6) is 5.75 Å². The molecule has 6 heteroatoms. The Hall–Kier alpha value is -3.18. The van der Waals surface area contributed by atoms with E-state index in [0.29, 0.717) is 23.6 Å². The zero-order valence-corrected chi connectivity index (χ0v) is 18.6. The summed E-state index contributed by atoms with van der Waals surface area (Å²) >= 11 is 6.43. The number of fused-ring (bicyclic) bond motifs is 1. The lowest BCUT2D eigenvalue weighted by molar-refractivity contribution is -0.142. The standard InChI is InChI=1S/C26H21ClFNO3/c1-3-31-23(30)13-18-14(2)10-19-20(11-16(28)12-21(19)27)25(18)17-4-5-22-24-15(7-9-32-22)6-8-29-26(17)24/h4-6,8,10-12H,3,7,9,13H2,1-2H3. The maximum atomic E-state index is 14.5. The van der Waals surface area contributed by atoms with E-state index in [-0.39, 0.29) is 12.4 Å². The van der Waals surface area contributed by atoms with Gasteiger partial charge in [-0.3, -0.25) is 9.78 Å². The van der Waals surface area contributed by atoms with Crippen LogP contribution in [-0.2, 0) is 22.4 Å². The van der Waals surface area contributed by atoms with Crippen LogP contribution in [0, 0.1) is 12.7 Å². The van der Waals surface area contributed by atoms with Crippen molar-refractivity contribution in [3.63, 3.8) is 0 Å². The summed E-state index contributed by atoms with van der Waals surface area (Å²) in [4.78, 5) is 17.2. The van der Waals surface area contributed by atoms with Gasteiger partial charge in [-0.1, -0.05) is 11.6 Å². The fourth-order valence-electron chi connectivity index (χ4n) is 4.60. The number of pyridine rings is 1. The van der Waals surface area contributed by atoms with Gasteiger partial charge in [0.25, 0.3) is 0 Å². The first kappa shape index (κ1) is 20.7. The number of halogens is 2. The molecule has 1 aliphatic heterocycles. The van der Waals surface area contributed by atoms with Crippen molar-refractivity contribution < 1.29 is 18.7 Å². The van der Waals surface area contributed by atoms with Crippen LogP contribution in [0.4, 0.5) is 4.39 Å². The number of ether oxygens (including phenoxy) is 2. The van der Waals surface area contributed by atoms with Gasteiger partial charge in [0, 0.05) is 29.0 Å². The highest BCUT2D eigenvalue weighted by molar-refractivity contribution is 6.36. The predicted molar refractivity (Wildman–Crippen MR) is 124 cm³/mol. The highest BCUT2D eigenvalue weighted by Crippen LogP contribution is 2.43. The zero-order valence-electron chi connectivity index (χ0n) is 17.8. The summed E-state index contributed by atoms with van der Waals surface area (Å²) in [5.41, 5.74) is 5.13. The van der Waals surface area contributed by atoms with Crippen LogP contribution < -0.4 is 4.74 Å². The molecule has 32 heavy (non-hydrogen) atoms. The molecule has 0 atom stereocenters. The Balaban J connectivity index is 1.89. The molecule has 0 amide bonds. The normalized spacial score (nSPS) is 12.8. The number of esters is 1. The highest BCUT2D eigenvalue weighted by atomic mass is 35.5. The van der Waals surface area contributed by atoms with Gasteiger partial charge in [0.15, 0.2) is 0 Å². The van der Waals surface area contributed by atoms with Crippen molar-refractivity contribution in [1.82, 2.24) is 4.98 Å². The first-order valence-electron chi connectivity index (χ1n) is 10.6. The van der Waals surface area contributed by atoms with Crippen LogP contribution in [0.2, 0.25) is 5.02 Å². The predicted octanol–water partition coefficient (Wildman–Crippen LogP) is 6.20. The van der Waals surface area contributed by atoms with E-state index in [0.717, 1.165) is 56.3 Å². The molecule has 0 saturated heterocycles. The maximum absolute atomic E-state index is 14.5. The van der Waals surface area contributed by atoms with Gasteiger partial charge in [-0.2, -0.15) is 0 Å². The third-order valence-corrected chi connectivity index (χ3v) is 6.28. The second-order valence-electron chi connectivity index (χ2n) is 7.91. The van der Waals surface area contributed by atoms with E-state index >= 15 is 0 Å². The molecule has 3 aromatic carbocycles. The van der Waals surface area contributed by atoms with Crippen molar-refractivity contribution in [2.45, 2.75) is 26.7 Å². The van der Waals surface area contributed by atoms with Crippen LogP contribution in [0.3, 0.4) is 0 Å². The largest absolute Gasteiger partial charge is 0.493 e. The molecule has 0 aliphatic carbocycles. The Morgan fingerprint density at radius 3 is 2.88 bits per heavy atom. The number of aryl methyl sites for hydroxylation is 1. The van der Waals surface area contributed by atoms with Crippen LogP contribution in [-0.4, -0.2) is 24.2 Å². The Bertz CT molecular complexity index is 1390. The number of hydrogen-bond donors (Lipinski definition) is 0. The maximum Gasteiger partial charge on any atom is 0.310 e. The molecule has 162 valence electrons. The van der Waals surface area contributed by atoms with Crippen molar-refractivity contribution in [3.05, 3.63) is 70.1 Å². The molecule has 1 aromatic heterocycles. The molecule has 0 unspecified atom stereocenters. The van der Waals surface area contributed by atoms with Gasteiger partial charge in [0.1, 0.15) is 11.6 Å². The summed E-state index contributed by atoms with van der Waals surface area (Å²) in [6, 6.07) is 10.5. The number of carbonyl (C=O) groups is 1. The van der Waals surface area contributed by atoms with E-state index in [2.05, 4.69) is 4.98 Å². The zero-order chi connectivity index (χ0) is 22.4. The van der Waals surface area contributed by atoms with Gasteiger partial charge in [0.05, 0.1) is 30.2 Å². The lowest BCUT2D eigenvalue weighted by Crippen LogP contribution is -2.11. The Labute approximate surface area is 189 Å². The number of rotatable bonds is 4. The number of nitrogens with zero attached hydrogens (tertiary/aromatic N) is 1. The smallest absolute Gasteiger partial charge is 0.310 e.